The smallest absolute Gasteiger partial charge is 0.241 e. The Morgan fingerprint density at radius 2 is 2.04 bits per heavy atom. The van der Waals surface area contributed by atoms with Crippen LogP contribution in [-0.4, -0.2) is 63.8 Å². The highest BCUT2D eigenvalue weighted by Gasteiger charge is 2.13. The van der Waals surface area contributed by atoms with E-state index in [1.165, 1.54) is 12.8 Å². The zero-order valence-electron chi connectivity index (χ0n) is 17.4. The predicted molar refractivity (Wildman–Crippen MR) is 112 cm³/mol. The van der Waals surface area contributed by atoms with Crippen molar-refractivity contribution in [1.82, 2.24) is 15.5 Å². The standard InChI is InChI=1S/C21H34N4O3/c1-25(2)20(26)16-24-21(22-13-6-8-19-7-4-5-14-28-19)23-15-17-9-11-18(27-3)12-10-17/h9-12,19H,4-8,13-16H2,1-3H3,(H2,22,23,24). The van der Waals surface area contributed by atoms with Gasteiger partial charge in [-0.1, -0.05) is 12.1 Å². The van der Waals surface area contributed by atoms with Crippen molar-refractivity contribution in [3.05, 3.63) is 29.8 Å². The summed E-state index contributed by atoms with van der Waals surface area (Å²) in [6, 6.07) is 7.83. The number of benzene rings is 1. The SMILES string of the molecule is COc1ccc(CN=C(NCCCC2CCCCO2)NCC(=O)N(C)C)cc1. The number of likely N-dealkylation sites (N-methyl/N-ethyl adjacent to an activating group) is 1. The third-order valence-corrected chi connectivity index (χ3v) is 4.75. The normalized spacial score (nSPS) is 17.1. The molecule has 0 saturated carbocycles. The maximum absolute atomic E-state index is 11.9. The summed E-state index contributed by atoms with van der Waals surface area (Å²) in [4.78, 5) is 18.1. The van der Waals surface area contributed by atoms with Crippen molar-refractivity contribution in [2.45, 2.75) is 44.8 Å². The topological polar surface area (TPSA) is 75.2 Å². The number of hydrogen-bond acceptors (Lipinski definition) is 4. The third-order valence-electron chi connectivity index (χ3n) is 4.75. The minimum atomic E-state index is 0.00885. The molecule has 1 amide bonds. The molecule has 156 valence electrons. The molecule has 2 rings (SSSR count). The van der Waals surface area contributed by atoms with Crippen molar-refractivity contribution < 1.29 is 14.3 Å². The number of hydrogen-bond donors (Lipinski definition) is 2. The fraction of sp³-hybridized carbons (Fsp3) is 0.619. The Labute approximate surface area is 168 Å². The number of nitrogens with one attached hydrogen (secondary N) is 2. The van der Waals surface area contributed by atoms with Crippen LogP contribution in [0.15, 0.2) is 29.3 Å². The van der Waals surface area contributed by atoms with Crippen LogP contribution in [0.2, 0.25) is 0 Å². The lowest BCUT2D eigenvalue weighted by Crippen LogP contribution is -2.43. The number of aliphatic imine (C=N–C) groups is 1. The highest BCUT2D eigenvalue weighted by Crippen LogP contribution is 2.16. The van der Waals surface area contributed by atoms with Gasteiger partial charge < -0.3 is 25.0 Å². The van der Waals surface area contributed by atoms with Crippen LogP contribution in [0.4, 0.5) is 0 Å². The van der Waals surface area contributed by atoms with Crippen molar-refractivity contribution >= 4 is 11.9 Å². The maximum Gasteiger partial charge on any atom is 0.241 e. The summed E-state index contributed by atoms with van der Waals surface area (Å²) in [6.45, 7) is 2.43. The van der Waals surface area contributed by atoms with Crippen LogP contribution in [0.3, 0.4) is 0 Å². The first kappa shape index (κ1) is 22.0. The molecule has 0 aromatic heterocycles. The molecule has 1 atom stereocenters. The van der Waals surface area contributed by atoms with Crippen molar-refractivity contribution in [2.75, 3.05) is 40.9 Å². The largest absolute Gasteiger partial charge is 0.497 e. The summed E-state index contributed by atoms with van der Waals surface area (Å²) < 4.78 is 11.0. The first-order valence-electron chi connectivity index (χ1n) is 10.1. The number of rotatable bonds is 9. The van der Waals surface area contributed by atoms with Crippen molar-refractivity contribution in [3.8, 4) is 5.75 Å². The van der Waals surface area contributed by atoms with Gasteiger partial charge in [0.2, 0.25) is 5.91 Å². The van der Waals surface area contributed by atoms with Crippen LogP contribution < -0.4 is 15.4 Å². The van der Waals surface area contributed by atoms with Gasteiger partial charge in [0, 0.05) is 27.2 Å². The molecule has 1 aromatic rings. The van der Waals surface area contributed by atoms with E-state index < -0.39 is 0 Å². The Hall–Kier alpha value is -2.28. The molecular weight excluding hydrogens is 356 g/mol. The molecule has 0 spiro atoms. The lowest BCUT2D eigenvalue weighted by Gasteiger charge is -2.22. The molecule has 0 bridgehead atoms. The molecule has 1 unspecified atom stereocenters. The molecule has 1 aliphatic heterocycles. The zero-order valence-corrected chi connectivity index (χ0v) is 17.4. The number of carbonyl (C=O) groups excluding carboxylic acids is 1. The predicted octanol–water partition coefficient (Wildman–Crippen LogP) is 2.17. The van der Waals surface area contributed by atoms with Crippen LogP contribution in [-0.2, 0) is 16.1 Å². The molecule has 28 heavy (non-hydrogen) atoms. The minimum absolute atomic E-state index is 0.00885. The number of amides is 1. The van der Waals surface area contributed by atoms with Crippen LogP contribution in [0.1, 0.15) is 37.7 Å². The maximum atomic E-state index is 11.9. The average Bonchev–Trinajstić information content (AvgIpc) is 2.73. The number of methoxy groups -OCH3 is 1. The molecule has 1 saturated heterocycles. The Balaban J connectivity index is 1.84. The second-order valence-electron chi connectivity index (χ2n) is 7.21. The van der Waals surface area contributed by atoms with E-state index in [0.29, 0.717) is 18.6 Å². The van der Waals surface area contributed by atoms with Gasteiger partial charge in [-0.2, -0.15) is 0 Å². The third kappa shape index (κ3) is 8.17. The Morgan fingerprint density at radius 3 is 2.68 bits per heavy atom. The first-order chi connectivity index (χ1) is 13.6. The fourth-order valence-corrected chi connectivity index (χ4v) is 2.96. The van der Waals surface area contributed by atoms with Gasteiger partial charge in [0.25, 0.3) is 0 Å². The lowest BCUT2D eigenvalue weighted by molar-refractivity contribution is -0.127. The van der Waals surface area contributed by atoms with Crippen LogP contribution in [0, 0.1) is 0 Å². The molecule has 7 heteroatoms. The van der Waals surface area contributed by atoms with Gasteiger partial charge in [-0.3, -0.25) is 4.79 Å². The van der Waals surface area contributed by atoms with E-state index in [4.69, 9.17) is 9.47 Å². The van der Waals surface area contributed by atoms with E-state index in [1.54, 1.807) is 26.1 Å². The summed E-state index contributed by atoms with van der Waals surface area (Å²) >= 11 is 0. The monoisotopic (exact) mass is 390 g/mol. The van der Waals surface area contributed by atoms with E-state index in [2.05, 4.69) is 15.6 Å². The van der Waals surface area contributed by atoms with Crippen LogP contribution >= 0.6 is 0 Å². The molecule has 1 aliphatic rings. The highest BCUT2D eigenvalue weighted by atomic mass is 16.5. The molecule has 7 nitrogen and oxygen atoms in total. The van der Waals surface area contributed by atoms with E-state index in [9.17, 15) is 4.79 Å². The molecule has 0 radical (unpaired) electrons. The van der Waals surface area contributed by atoms with Crippen molar-refractivity contribution in [2.24, 2.45) is 4.99 Å². The van der Waals surface area contributed by atoms with Gasteiger partial charge in [0.15, 0.2) is 5.96 Å². The summed E-state index contributed by atoms with van der Waals surface area (Å²) in [5, 5.41) is 6.46. The van der Waals surface area contributed by atoms with Gasteiger partial charge >= 0.3 is 0 Å². The molecule has 0 aliphatic carbocycles. The summed E-state index contributed by atoms with van der Waals surface area (Å²) in [7, 11) is 5.14. The second kappa shape index (κ2) is 12.2. The number of ether oxygens (including phenoxy) is 2. The first-order valence-corrected chi connectivity index (χ1v) is 10.1. The van der Waals surface area contributed by atoms with Crippen molar-refractivity contribution in [3.63, 3.8) is 0 Å². The van der Waals surface area contributed by atoms with Gasteiger partial charge in [-0.25, -0.2) is 4.99 Å². The average molecular weight is 391 g/mol. The minimum Gasteiger partial charge on any atom is -0.497 e. The number of carbonyl (C=O) groups is 1. The Kier molecular flexibility index (Phi) is 9.62. The Bertz CT molecular complexity index is 611. The molecular formula is C21H34N4O3. The molecule has 1 heterocycles. The zero-order chi connectivity index (χ0) is 20.2. The van der Waals surface area contributed by atoms with E-state index in [-0.39, 0.29) is 12.5 Å². The van der Waals surface area contributed by atoms with Crippen molar-refractivity contribution in [1.29, 1.82) is 0 Å². The molecule has 1 fully saturated rings. The summed E-state index contributed by atoms with van der Waals surface area (Å²) in [5.41, 5.74) is 1.08. The van der Waals surface area contributed by atoms with Gasteiger partial charge in [0.05, 0.1) is 26.3 Å². The van der Waals surface area contributed by atoms with E-state index in [1.807, 2.05) is 24.3 Å². The van der Waals surface area contributed by atoms with Gasteiger partial charge in [0.1, 0.15) is 5.75 Å². The molecule has 1 aromatic carbocycles. The second-order valence-corrected chi connectivity index (χ2v) is 7.21. The number of nitrogens with zero attached hydrogens (tertiary/aromatic N) is 2. The molecule has 2 N–H and O–H groups in total. The summed E-state index contributed by atoms with van der Waals surface area (Å²) in [6.07, 6.45) is 6.05. The van der Waals surface area contributed by atoms with Crippen LogP contribution in [0.25, 0.3) is 0 Å². The highest BCUT2D eigenvalue weighted by molar-refractivity contribution is 5.86. The van der Waals surface area contributed by atoms with E-state index >= 15 is 0 Å². The van der Waals surface area contributed by atoms with Crippen LogP contribution in [0.5, 0.6) is 5.75 Å². The number of guanidine groups is 1. The Morgan fingerprint density at radius 1 is 1.25 bits per heavy atom. The van der Waals surface area contributed by atoms with Gasteiger partial charge in [-0.15, -0.1) is 0 Å². The van der Waals surface area contributed by atoms with E-state index in [0.717, 1.165) is 43.7 Å². The lowest BCUT2D eigenvalue weighted by atomic mass is 10.0. The van der Waals surface area contributed by atoms with Gasteiger partial charge in [-0.05, 0) is 49.8 Å². The quantitative estimate of drug-likeness (QED) is 0.384. The summed E-state index contributed by atoms with van der Waals surface area (Å²) in [5.74, 6) is 1.48. The fourth-order valence-electron chi connectivity index (χ4n) is 2.96.